The summed E-state index contributed by atoms with van der Waals surface area (Å²) in [6.07, 6.45) is 0. The van der Waals surface area contributed by atoms with E-state index in [1.54, 1.807) is 12.1 Å². The Morgan fingerprint density at radius 3 is 2.52 bits per heavy atom. The number of halogens is 1. The van der Waals surface area contributed by atoms with Crippen molar-refractivity contribution in [1.82, 2.24) is 14.8 Å². The Morgan fingerprint density at radius 1 is 1.12 bits per heavy atom. The van der Waals surface area contributed by atoms with E-state index in [1.165, 1.54) is 24.3 Å². The van der Waals surface area contributed by atoms with Crippen molar-refractivity contribution in [3.63, 3.8) is 0 Å². The van der Waals surface area contributed by atoms with E-state index in [-0.39, 0.29) is 11.7 Å². The van der Waals surface area contributed by atoms with E-state index in [9.17, 15) is 9.18 Å². The van der Waals surface area contributed by atoms with Gasteiger partial charge in [0.25, 0.3) is 5.91 Å². The molecule has 25 heavy (non-hydrogen) atoms. The number of benzene rings is 2. The van der Waals surface area contributed by atoms with Gasteiger partial charge >= 0.3 is 0 Å². The highest BCUT2D eigenvalue weighted by Crippen LogP contribution is 2.18. The highest BCUT2D eigenvalue weighted by atomic mass is 19.1. The lowest BCUT2D eigenvalue weighted by molar-refractivity contribution is 0.102. The van der Waals surface area contributed by atoms with E-state index >= 15 is 0 Å². The maximum Gasteiger partial charge on any atom is 0.257 e. The van der Waals surface area contributed by atoms with Gasteiger partial charge in [-0.1, -0.05) is 12.1 Å². The minimum atomic E-state index is -0.348. The van der Waals surface area contributed by atoms with E-state index < -0.39 is 0 Å². The van der Waals surface area contributed by atoms with Crippen LogP contribution in [0.5, 0.6) is 0 Å². The number of rotatable bonds is 5. The molecule has 128 valence electrons. The Bertz CT molecular complexity index is 889. The van der Waals surface area contributed by atoms with Crippen LogP contribution < -0.4 is 10.6 Å². The van der Waals surface area contributed by atoms with Crippen LogP contribution in [0, 0.1) is 12.7 Å². The molecule has 0 saturated carbocycles. The highest BCUT2D eigenvalue weighted by Gasteiger charge is 2.12. The first kappa shape index (κ1) is 16.6. The number of hydrogen-bond acceptors (Lipinski definition) is 4. The largest absolute Gasteiger partial charge is 0.377 e. The standard InChI is InChI=1S/C18H18FN5O/c1-12-22-23-17(24(12)2)11-20-16-6-4-3-5-15(16)18(25)21-14-9-7-13(19)8-10-14/h3-10,20H,11H2,1-2H3,(H,21,25). The summed E-state index contributed by atoms with van der Waals surface area (Å²) in [6, 6.07) is 12.8. The number of aromatic nitrogens is 3. The molecule has 0 unspecified atom stereocenters. The quantitative estimate of drug-likeness (QED) is 0.749. The first-order valence-electron chi connectivity index (χ1n) is 7.79. The van der Waals surface area contributed by atoms with Crippen molar-refractivity contribution >= 4 is 17.3 Å². The summed E-state index contributed by atoms with van der Waals surface area (Å²) < 4.78 is 14.9. The van der Waals surface area contributed by atoms with Crippen LogP contribution in [0.1, 0.15) is 22.0 Å². The van der Waals surface area contributed by atoms with Gasteiger partial charge in [0.05, 0.1) is 12.1 Å². The maximum absolute atomic E-state index is 13.0. The van der Waals surface area contributed by atoms with Crippen LogP contribution in [0.2, 0.25) is 0 Å². The zero-order valence-electron chi connectivity index (χ0n) is 14.0. The molecule has 0 aliphatic heterocycles. The fourth-order valence-electron chi connectivity index (χ4n) is 2.35. The number of aryl methyl sites for hydroxylation is 1. The summed E-state index contributed by atoms with van der Waals surface area (Å²) in [7, 11) is 1.89. The van der Waals surface area contributed by atoms with Crippen molar-refractivity contribution in [2.24, 2.45) is 7.05 Å². The minimum absolute atomic E-state index is 0.274. The van der Waals surface area contributed by atoms with Crippen LogP contribution in [-0.2, 0) is 13.6 Å². The molecule has 0 fully saturated rings. The Labute approximate surface area is 144 Å². The summed E-state index contributed by atoms with van der Waals surface area (Å²) in [5, 5.41) is 14.1. The van der Waals surface area contributed by atoms with E-state index in [1.807, 2.05) is 30.7 Å². The third kappa shape index (κ3) is 3.82. The van der Waals surface area contributed by atoms with Gasteiger partial charge in [-0.15, -0.1) is 10.2 Å². The van der Waals surface area contributed by atoms with Gasteiger partial charge in [0.15, 0.2) is 5.82 Å². The lowest BCUT2D eigenvalue weighted by Gasteiger charge is -2.12. The molecule has 1 amide bonds. The average molecular weight is 339 g/mol. The molecule has 2 aromatic carbocycles. The summed E-state index contributed by atoms with van der Waals surface area (Å²) in [6.45, 7) is 2.32. The number of para-hydroxylation sites is 1. The number of carbonyl (C=O) groups excluding carboxylic acids is 1. The molecule has 6 nitrogen and oxygen atoms in total. The van der Waals surface area contributed by atoms with Crippen LogP contribution in [0.15, 0.2) is 48.5 Å². The lowest BCUT2D eigenvalue weighted by atomic mass is 10.1. The van der Waals surface area contributed by atoms with Gasteiger partial charge < -0.3 is 15.2 Å². The SMILES string of the molecule is Cc1nnc(CNc2ccccc2C(=O)Nc2ccc(F)cc2)n1C. The normalized spacial score (nSPS) is 10.5. The fraction of sp³-hybridized carbons (Fsp3) is 0.167. The van der Waals surface area contributed by atoms with E-state index in [2.05, 4.69) is 20.8 Å². The van der Waals surface area contributed by atoms with E-state index in [4.69, 9.17) is 0 Å². The Hall–Kier alpha value is -3.22. The molecule has 7 heteroatoms. The molecule has 0 atom stereocenters. The van der Waals surface area contributed by atoms with E-state index in [0.29, 0.717) is 23.5 Å². The molecule has 1 aromatic heterocycles. The first-order valence-corrected chi connectivity index (χ1v) is 7.79. The Kier molecular flexibility index (Phi) is 4.74. The van der Waals surface area contributed by atoms with Crippen molar-refractivity contribution in [2.75, 3.05) is 10.6 Å². The molecule has 0 aliphatic carbocycles. The molecule has 1 heterocycles. The monoisotopic (exact) mass is 339 g/mol. The molecule has 0 radical (unpaired) electrons. The highest BCUT2D eigenvalue weighted by molar-refractivity contribution is 6.08. The molecule has 0 bridgehead atoms. The molecular formula is C18H18FN5O. The van der Waals surface area contributed by atoms with Crippen molar-refractivity contribution in [2.45, 2.75) is 13.5 Å². The molecule has 0 spiro atoms. The van der Waals surface area contributed by atoms with Gasteiger partial charge in [0.1, 0.15) is 11.6 Å². The van der Waals surface area contributed by atoms with Crippen LogP contribution in [-0.4, -0.2) is 20.7 Å². The summed E-state index contributed by atoms with van der Waals surface area (Å²) >= 11 is 0. The topological polar surface area (TPSA) is 71.8 Å². The van der Waals surface area contributed by atoms with Crippen LogP contribution in [0.4, 0.5) is 15.8 Å². The third-order valence-corrected chi connectivity index (χ3v) is 3.89. The van der Waals surface area contributed by atoms with Gasteiger partial charge in [0, 0.05) is 18.4 Å². The van der Waals surface area contributed by atoms with E-state index in [0.717, 1.165) is 11.6 Å². The number of hydrogen-bond donors (Lipinski definition) is 2. The lowest BCUT2D eigenvalue weighted by Crippen LogP contribution is -2.15. The van der Waals surface area contributed by atoms with Crippen molar-refractivity contribution in [3.05, 3.63) is 71.6 Å². The van der Waals surface area contributed by atoms with Crippen LogP contribution in [0.25, 0.3) is 0 Å². The van der Waals surface area contributed by atoms with Gasteiger partial charge in [-0.2, -0.15) is 0 Å². The second-order valence-electron chi connectivity index (χ2n) is 5.58. The van der Waals surface area contributed by atoms with Gasteiger partial charge in [-0.3, -0.25) is 4.79 Å². The average Bonchev–Trinajstić information content (AvgIpc) is 2.94. The Morgan fingerprint density at radius 2 is 1.84 bits per heavy atom. The van der Waals surface area contributed by atoms with Crippen LogP contribution >= 0.6 is 0 Å². The van der Waals surface area contributed by atoms with Crippen molar-refractivity contribution in [3.8, 4) is 0 Å². The summed E-state index contributed by atoms with van der Waals surface area (Å²) in [5.74, 6) is 0.966. The molecule has 3 rings (SSSR count). The van der Waals surface area contributed by atoms with Crippen molar-refractivity contribution < 1.29 is 9.18 Å². The van der Waals surface area contributed by atoms with Gasteiger partial charge in [-0.25, -0.2) is 4.39 Å². The second-order valence-corrected chi connectivity index (χ2v) is 5.58. The molecule has 0 aliphatic rings. The zero-order valence-corrected chi connectivity index (χ0v) is 14.0. The predicted molar refractivity (Wildman–Crippen MR) is 93.9 cm³/mol. The molecule has 2 N–H and O–H groups in total. The fourth-order valence-corrected chi connectivity index (χ4v) is 2.35. The predicted octanol–water partition coefficient (Wildman–Crippen LogP) is 3.13. The molecular weight excluding hydrogens is 321 g/mol. The smallest absolute Gasteiger partial charge is 0.257 e. The number of carbonyl (C=O) groups is 1. The van der Waals surface area contributed by atoms with Gasteiger partial charge in [0.2, 0.25) is 0 Å². The Balaban J connectivity index is 1.74. The van der Waals surface area contributed by atoms with Crippen molar-refractivity contribution in [1.29, 1.82) is 0 Å². The number of amides is 1. The van der Waals surface area contributed by atoms with Gasteiger partial charge in [-0.05, 0) is 43.3 Å². The van der Waals surface area contributed by atoms with Crippen LogP contribution in [0.3, 0.4) is 0 Å². The second kappa shape index (κ2) is 7.12. The number of anilines is 2. The summed E-state index contributed by atoms with van der Waals surface area (Å²) in [5.41, 5.74) is 1.71. The number of nitrogens with zero attached hydrogens (tertiary/aromatic N) is 3. The zero-order chi connectivity index (χ0) is 17.8. The molecule has 3 aromatic rings. The maximum atomic E-state index is 13.0. The summed E-state index contributed by atoms with van der Waals surface area (Å²) in [4.78, 5) is 12.5. The molecule has 0 saturated heterocycles. The number of nitrogens with one attached hydrogen (secondary N) is 2. The first-order chi connectivity index (χ1) is 12.0. The third-order valence-electron chi connectivity index (χ3n) is 3.89. The minimum Gasteiger partial charge on any atom is -0.377 e.